The summed E-state index contributed by atoms with van der Waals surface area (Å²) >= 11 is 12.5. The largest absolute Gasteiger partial charge is 0.491 e. The van der Waals surface area contributed by atoms with Gasteiger partial charge in [0.2, 0.25) is 5.91 Å². The van der Waals surface area contributed by atoms with Crippen LogP contribution in [0.25, 0.3) is 0 Å². The number of benzene rings is 2. The normalized spacial score (nSPS) is 20.3. The number of amides is 2. The van der Waals surface area contributed by atoms with Gasteiger partial charge in [0.15, 0.2) is 0 Å². The Labute approximate surface area is 242 Å². The number of hydrogen-bond donors (Lipinski definition) is 0. The highest BCUT2D eigenvalue weighted by Crippen LogP contribution is 2.31. The van der Waals surface area contributed by atoms with E-state index in [9.17, 15) is 14.4 Å². The van der Waals surface area contributed by atoms with Crippen molar-refractivity contribution in [1.82, 2.24) is 9.80 Å². The van der Waals surface area contributed by atoms with E-state index in [-0.39, 0.29) is 24.6 Å². The van der Waals surface area contributed by atoms with Crippen LogP contribution in [0.3, 0.4) is 0 Å². The Morgan fingerprint density at radius 3 is 2.59 bits per heavy atom. The molecule has 2 aromatic rings. The highest BCUT2D eigenvalue weighted by atomic mass is 35.5. The van der Waals surface area contributed by atoms with Crippen LogP contribution in [-0.4, -0.2) is 68.7 Å². The lowest BCUT2D eigenvalue weighted by atomic mass is 10.1. The van der Waals surface area contributed by atoms with Crippen molar-refractivity contribution in [2.24, 2.45) is 0 Å². The van der Waals surface area contributed by atoms with Crippen molar-refractivity contribution < 1.29 is 28.6 Å². The van der Waals surface area contributed by atoms with Gasteiger partial charge in [-0.25, -0.2) is 0 Å². The third-order valence-electron chi connectivity index (χ3n) is 6.14. The monoisotopic (exact) mass is 590 g/mol. The average Bonchev–Trinajstić information content (AvgIpc) is 3.37. The summed E-state index contributed by atoms with van der Waals surface area (Å²) in [4.78, 5) is 40.2. The summed E-state index contributed by atoms with van der Waals surface area (Å²) in [5, 5.41) is 0.0582. The van der Waals surface area contributed by atoms with Gasteiger partial charge >= 0.3 is 5.97 Å². The molecule has 208 valence electrons. The van der Waals surface area contributed by atoms with Crippen LogP contribution in [0.4, 0.5) is 4.79 Å². The van der Waals surface area contributed by atoms with Crippen LogP contribution in [0.15, 0.2) is 48.5 Å². The molecule has 3 atom stereocenters. The molecule has 11 heteroatoms. The number of imide groups is 1. The first-order valence-corrected chi connectivity index (χ1v) is 14.2. The van der Waals surface area contributed by atoms with E-state index in [1.165, 1.54) is 0 Å². The molecular formula is C28H31ClN2O6S2. The van der Waals surface area contributed by atoms with Crippen LogP contribution in [-0.2, 0) is 25.5 Å². The summed E-state index contributed by atoms with van der Waals surface area (Å²) in [6.45, 7) is 7.85. The maximum absolute atomic E-state index is 12.8. The first-order valence-electron chi connectivity index (χ1n) is 12.6. The number of thioether (sulfide) groups is 1. The van der Waals surface area contributed by atoms with Crippen molar-refractivity contribution in [3.63, 3.8) is 0 Å². The Morgan fingerprint density at radius 1 is 1.21 bits per heavy atom. The molecule has 2 heterocycles. The van der Waals surface area contributed by atoms with Gasteiger partial charge in [-0.05, 0) is 81.7 Å². The number of carbonyl (C=O) groups is 3. The SMILES string of the molecule is CC(COc1ccc(CC2SC(=O)N(CC(=O)OC(C)(C)C)C2=O)cc1)N1CC(c2cccc(Cl)c2)OC1=S. The van der Waals surface area contributed by atoms with Crippen LogP contribution >= 0.6 is 35.6 Å². The van der Waals surface area contributed by atoms with Crippen LogP contribution in [0, 0.1) is 0 Å². The number of rotatable bonds is 9. The lowest BCUT2D eigenvalue weighted by Crippen LogP contribution is -2.39. The number of ether oxygens (including phenoxy) is 3. The zero-order valence-electron chi connectivity index (χ0n) is 22.2. The van der Waals surface area contributed by atoms with Gasteiger partial charge in [-0.1, -0.05) is 47.6 Å². The Hall–Kier alpha value is -2.82. The lowest BCUT2D eigenvalue weighted by molar-refractivity contribution is -0.157. The van der Waals surface area contributed by atoms with Crippen molar-refractivity contribution in [3.05, 3.63) is 64.7 Å². The van der Waals surface area contributed by atoms with Crippen molar-refractivity contribution in [3.8, 4) is 5.75 Å². The van der Waals surface area contributed by atoms with Gasteiger partial charge in [0.25, 0.3) is 10.4 Å². The van der Waals surface area contributed by atoms with Gasteiger partial charge in [-0.3, -0.25) is 19.3 Å². The number of nitrogens with zero attached hydrogens (tertiary/aromatic N) is 2. The maximum atomic E-state index is 12.8. The van der Waals surface area contributed by atoms with E-state index < -0.39 is 22.1 Å². The molecule has 0 aliphatic carbocycles. The van der Waals surface area contributed by atoms with Gasteiger partial charge in [0.05, 0.1) is 17.8 Å². The van der Waals surface area contributed by atoms with Gasteiger partial charge in [0, 0.05) is 5.02 Å². The van der Waals surface area contributed by atoms with E-state index in [2.05, 4.69) is 0 Å². The zero-order valence-corrected chi connectivity index (χ0v) is 24.6. The lowest BCUT2D eigenvalue weighted by Gasteiger charge is -2.23. The summed E-state index contributed by atoms with van der Waals surface area (Å²) in [6, 6.07) is 15.0. The molecule has 2 saturated heterocycles. The smallest absolute Gasteiger partial charge is 0.326 e. The van der Waals surface area contributed by atoms with Crippen LogP contribution in [0.1, 0.15) is 44.9 Å². The second-order valence-electron chi connectivity index (χ2n) is 10.5. The molecule has 4 rings (SSSR count). The molecule has 39 heavy (non-hydrogen) atoms. The second-order valence-corrected chi connectivity index (χ2v) is 12.4. The maximum Gasteiger partial charge on any atom is 0.326 e. The molecule has 0 spiro atoms. The standard InChI is InChI=1S/C28H31ClN2O6S2/c1-17(30-14-22(36-27(30)38)19-6-5-7-20(29)13-19)16-35-21-10-8-18(9-11-21)12-23-25(33)31(26(34)39-23)15-24(32)37-28(2,3)4/h5-11,13,17,22-23H,12,14-16H2,1-4H3. The summed E-state index contributed by atoms with van der Waals surface area (Å²) in [5.41, 5.74) is 1.17. The quantitative estimate of drug-likeness (QED) is 0.281. The average molecular weight is 591 g/mol. The number of carbonyl (C=O) groups excluding carboxylic acids is 3. The van der Waals surface area contributed by atoms with Crippen molar-refractivity contribution in [2.75, 3.05) is 19.7 Å². The first-order chi connectivity index (χ1) is 18.4. The van der Waals surface area contributed by atoms with Gasteiger partial charge in [-0.2, -0.15) is 0 Å². The van der Waals surface area contributed by atoms with E-state index in [0.29, 0.717) is 35.5 Å². The molecule has 0 aromatic heterocycles. The van der Waals surface area contributed by atoms with Crippen LogP contribution in [0.5, 0.6) is 5.75 Å². The molecule has 2 aliphatic rings. The molecule has 0 bridgehead atoms. The third-order valence-corrected chi connectivity index (χ3v) is 7.78. The number of hydrogen-bond acceptors (Lipinski definition) is 8. The predicted molar refractivity (Wildman–Crippen MR) is 154 cm³/mol. The fraction of sp³-hybridized carbons (Fsp3) is 0.429. The predicted octanol–water partition coefficient (Wildman–Crippen LogP) is 5.41. The molecule has 0 N–H and O–H groups in total. The molecular weight excluding hydrogens is 560 g/mol. The van der Waals surface area contributed by atoms with Gasteiger partial charge in [-0.15, -0.1) is 0 Å². The third kappa shape index (κ3) is 7.64. The highest BCUT2D eigenvalue weighted by Gasteiger charge is 2.41. The van der Waals surface area contributed by atoms with Gasteiger partial charge in [0.1, 0.15) is 30.6 Å². The van der Waals surface area contributed by atoms with Crippen LogP contribution < -0.4 is 4.74 Å². The van der Waals surface area contributed by atoms with Crippen molar-refractivity contribution >= 4 is 57.9 Å². The van der Waals surface area contributed by atoms with Crippen molar-refractivity contribution in [2.45, 2.75) is 57.1 Å². The molecule has 2 aromatic carbocycles. The van der Waals surface area contributed by atoms with E-state index in [0.717, 1.165) is 27.8 Å². The van der Waals surface area contributed by atoms with Gasteiger partial charge < -0.3 is 19.1 Å². The van der Waals surface area contributed by atoms with E-state index in [1.54, 1.807) is 20.8 Å². The highest BCUT2D eigenvalue weighted by molar-refractivity contribution is 8.15. The van der Waals surface area contributed by atoms with Crippen molar-refractivity contribution in [1.29, 1.82) is 0 Å². The van der Waals surface area contributed by atoms with E-state index >= 15 is 0 Å². The second kappa shape index (κ2) is 12.1. The summed E-state index contributed by atoms with van der Waals surface area (Å²) < 4.78 is 17.1. The number of thiocarbonyl (C=S) groups is 1. The Bertz CT molecular complexity index is 1250. The molecule has 3 unspecified atom stereocenters. The number of halogens is 1. The topological polar surface area (TPSA) is 85.4 Å². The zero-order chi connectivity index (χ0) is 28.3. The van der Waals surface area contributed by atoms with E-state index in [4.69, 9.17) is 38.0 Å². The molecule has 2 amide bonds. The summed E-state index contributed by atoms with van der Waals surface area (Å²) in [5.74, 6) is -0.316. The number of esters is 1. The first kappa shape index (κ1) is 29.2. The summed E-state index contributed by atoms with van der Waals surface area (Å²) in [7, 11) is 0. The minimum Gasteiger partial charge on any atom is -0.491 e. The minimum atomic E-state index is -0.690. The van der Waals surface area contributed by atoms with E-state index in [1.807, 2.05) is 60.4 Å². The molecule has 8 nitrogen and oxygen atoms in total. The van der Waals surface area contributed by atoms with Crippen LogP contribution in [0.2, 0.25) is 5.02 Å². The fourth-order valence-electron chi connectivity index (χ4n) is 4.24. The molecule has 0 radical (unpaired) electrons. The fourth-order valence-corrected chi connectivity index (χ4v) is 5.83. The molecule has 0 saturated carbocycles. The minimum absolute atomic E-state index is 0.0177. The summed E-state index contributed by atoms with van der Waals surface area (Å²) in [6.07, 6.45) is 0.183. The Kier molecular flexibility index (Phi) is 9.08. The Balaban J connectivity index is 1.26. The molecule has 2 fully saturated rings. The Morgan fingerprint density at radius 2 is 1.92 bits per heavy atom. The molecule has 2 aliphatic heterocycles.